The van der Waals surface area contributed by atoms with Crippen molar-refractivity contribution in [3.05, 3.63) is 50.5 Å². The van der Waals surface area contributed by atoms with E-state index in [0.29, 0.717) is 21.0 Å². The SMILES string of the molecule is CCCc1cc(-c2c(Cl)cc(Cl)cc2Cl)cc2c1OC1CCNCC21. The number of halogens is 3. The molecular formula is C20H20Cl3NO. The Morgan fingerprint density at radius 3 is 2.60 bits per heavy atom. The Kier molecular flexibility index (Phi) is 4.89. The van der Waals surface area contributed by atoms with E-state index in [9.17, 15) is 0 Å². The molecule has 2 aliphatic heterocycles. The summed E-state index contributed by atoms with van der Waals surface area (Å²) in [6, 6.07) is 7.87. The molecule has 0 bridgehead atoms. The third-order valence-corrected chi connectivity index (χ3v) is 5.91. The van der Waals surface area contributed by atoms with Crippen molar-refractivity contribution in [1.29, 1.82) is 0 Å². The molecule has 132 valence electrons. The lowest BCUT2D eigenvalue weighted by molar-refractivity contribution is 0.171. The molecule has 0 radical (unpaired) electrons. The zero-order valence-electron chi connectivity index (χ0n) is 14.0. The average Bonchev–Trinajstić information content (AvgIpc) is 2.93. The predicted molar refractivity (Wildman–Crippen MR) is 106 cm³/mol. The van der Waals surface area contributed by atoms with E-state index < -0.39 is 0 Å². The van der Waals surface area contributed by atoms with Crippen LogP contribution in [0.25, 0.3) is 11.1 Å². The third kappa shape index (κ3) is 3.14. The van der Waals surface area contributed by atoms with Gasteiger partial charge in [-0.2, -0.15) is 0 Å². The molecule has 0 spiro atoms. The van der Waals surface area contributed by atoms with Crippen molar-refractivity contribution >= 4 is 34.8 Å². The number of ether oxygens (including phenoxy) is 1. The Bertz CT molecular complexity index is 798. The first-order chi connectivity index (χ1) is 12.1. The number of fused-ring (bicyclic) bond motifs is 3. The summed E-state index contributed by atoms with van der Waals surface area (Å²) < 4.78 is 6.34. The van der Waals surface area contributed by atoms with E-state index in [1.807, 2.05) is 0 Å². The second-order valence-corrected chi connectivity index (χ2v) is 8.05. The minimum atomic E-state index is 0.276. The Balaban J connectivity index is 1.87. The first kappa shape index (κ1) is 17.5. The molecule has 5 heteroatoms. The maximum absolute atomic E-state index is 6.47. The predicted octanol–water partition coefficient (Wildman–Crippen LogP) is 6.10. The monoisotopic (exact) mass is 395 g/mol. The van der Waals surface area contributed by atoms with Crippen molar-refractivity contribution in [3.63, 3.8) is 0 Å². The summed E-state index contributed by atoms with van der Waals surface area (Å²) in [5.41, 5.74) is 4.41. The molecule has 0 aliphatic carbocycles. The summed E-state index contributed by atoms with van der Waals surface area (Å²) in [5, 5.41) is 5.20. The second kappa shape index (κ2) is 7.00. The minimum absolute atomic E-state index is 0.276. The number of nitrogens with one attached hydrogen (secondary N) is 1. The molecular weight excluding hydrogens is 377 g/mol. The van der Waals surface area contributed by atoms with Crippen LogP contribution in [0.15, 0.2) is 24.3 Å². The normalized spacial score (nSPS) is 21.6. The van der Waals surface area contributed by atoms with Crippen molar-refractivity contribution in [2.45, 2.75) is 38.2 Å². The Hall–Kier alpha value is -0.930. The van der Waals surface area contributed by atoms with Gasteiger partial charge in [0.1, 0.15) is 11.9 Å². The van der Waals surface area contributed by atoms with E-state index >= 15 is 0 Å². The van der Waals surface area contributed by atoms with Gasteiger partial charge in [-0.25, -0.2) is 0 Å². The molecule has 25 heavy (non-hydrogen) atoms. The van der Waals surface area contributed by atoms with Crippen molar-refractivity contribution in [2.24, 2.45) is 0 Å². The zero-order valence-corrected chi connectivity index (χ0v) is 16.3. The number of hydrogen-bond donors (Lipinski definition) is 1. The van der Waals surface area contributed by atoms with Crippen LogP contribution in [0.2, 0.25) is 15.1 Å². The van der Waals surface area contributed by atoms with Crippen LogP contribution in [0.1, 0.15) is 36.8 Å². The van der Waals surface area contributed by atoms with Crippen LogP contribution < -0.4 is 10.1 Å². The van der Waals surface area contributed by atoms with Crippen molar-refractivity contribution in [3.8, 4) is 16.9 Å². The van der Waals surface area contributed by atoms with Crippen LogP contribution in [0.4, 0.5) is 0 Å². The number of benzene rings is 2. The number of piperidine rings is 1. The summed E-state index contributed by atoms with van der Waals surface area (Å²) >= 11 is 19.0. The quantitative estimate of drug-likeness (QED) is 0.676. The van der Waals surface area contributed by atoms with Gasteiger partial charge in [-0.1, -0.05) is 48.1 Å². The lowest BCUT2D eigenvalue weighted by Gasteiger charge is -2.25. The summed E-state index contributed by atoms with van der Waals surface area (Å²) in [5.74, 6) is 1.47. The summed E-state index contributed by atoms with van der Waals surface area (Å²) in [4.78, 5) is 0. The van der Waals surface area contributed by atoms with Gasteiger partial charge in [0.25, 0.3) is 0 Å². The van der Waals surface area contributed by atoms with E-state index in [0.717, 1.165) is 49.2 Å². The first-order valence-corrected chi connectivity index (χ1v) is 9.91. The molecule has 0 saturated carbocycles. The van der Waals surface area contributed by atoms with Gasteiger partial charge in [-0.3, -0.25) is 0 Å². The Morgan fingerprint density at radius 1 is 1.12 bits per heavy atom. The molecule has 1 saturated heterocycles. The van der Waals surface area contributed by atoms with Gasteiger partial charge in [0.05, 0.1) is 10.0 Å². The molecule has 2 heterocycles. The van der Waals surface area contributed by atoms with E-state index in [4.69, 9.17) is 39.5 Å². The van der Waals surface area contributed by atoms with Crippen LogP contribution in [0.5, 0.6) is 5.75 Å². The van der Waals surface area contributed by atoms with Crippen molar-refractivity contribution < 1.29 is 4.74 Å². The number of aryl methyl sites for hydroxylation is 1. The number of rotatable bonds is 3. The molecule has 1 fully saturated rings. The topological polar surface area (TPSA) is 21.3 Å². The number of hydrogen-bond acceptors (Lipinski definition) is 2. The Morgan fingerprint density at radius 2 is 1.88 bits per heavy atom. The lowest BCUT2D eigenvalue weighted by Crippen LogP contribution is -2.37. The maximum atomic E-state index is 6.47. The molecule has 2 aromatic rings. The fraction of sp³-hybridized carbons (Fsp3) is 0.400. The molecule has 1 N–H and O–H groups in total. The van der Waals surface area contributed by atoms with E-state index in [1.54, 1.807) is 12.1 Å². The fourth-order valence-electron chi connectivity index (χ4n) is 3.99. The molecule has 0 amide bonds. The fourth-order valence-corrected chi connectivity index (χ4v) is 5.02. The van der Waals surface area contributed by atoms with Crippen LogP contribution in [-0.2, 0) is 6.42 Å². The third-order valence-electron chi connectivity index (χ3n) is 5.10. The second-order valence-electron chi connectivity index (χ2n) is 6.80. The molecule has 2 aliphatic rings. The van der Waals surface area contributed by atoms with Crippen LogP contribution in [0, 0.1) is 0 Å². The van der Waals surface area contributed by atoms with E-state index in [2.05, 4.69) is 24.4 Å². The van der Waals surface area contributed by atoms with Gasteiger partial charge >= 0.3 is 0 Å². The maximum Gasteiger partial charge on any atom is 0.126 e. The average molecular weight is 397 g/mol. The highest BCUT2D eigenvalue weighted by Gasteiger charge is 2.37. The standard InChI is InChI=1S/C20H20Cl3NO/c1-2-3-11-6-12(19-16(22)8-13(21)9-17(19)23)7-14-15-10-24-5-4-18(15)25-20(11)14/h6-9,15,18,24H,2-5,10H2,1H3. The van der Waals surface area contributed by atoms with Gasteiger partial charge in [0.15, 0.2) is 0 Å². The van der Waals surface area contributed by atoms with Gasteiger partial charge in [-0.15, -0.1) is 0 Å². The molecule has 2 unspecified atom stereocenters. The van der Waals surface area contributed by atoms with E-state index in [1.165, 1.54) is 11.1 Å². The van der Waals surface area contributed by atoms with Crippen LogP contribution >= 0.6 is 34.8 Å². The Labute approximate surface area is 163 Å². The zero-order chi connectivity index (χ0) is 17.6. The first-order valence-electron chi connectivity index (χ1n) is 8.77. The molecule has 2 nitrogen and oxygen atoms in total. The molecule has 0 aromatic heterocycles. The molecule has 4 rings (SSSR count). The summed E-state index contributed by atoms with van der Waals surface area (Å²) in [7, 11) is 0. The van der Waals surface area contributed by atoms with Crippen molar-refractivity contribution in [1.82, 2.24) is 5.32 Å². The highest BCUT2D eigenvalue weighted by molar-refractivity contribution is 6.41. The minimum Gasteiger partial charge on any atom is -0.489 e. The van der Waals surface area contributed by atoms with Gasteiger partial charge in [0.2, 0.25) is 0 Å². The van der Waals surface area contributed by atoms with Gasteiger partial charge in [0, 0.05) is 28.6 Å². The smallest absolute Gasteiger partial charge is 0.126 e. The van der Waals surface area contributed by atoms with Crippen LogP contribution in [0.3, 0.4) is 0 Å². The van der Waals surface area contributed by atoms with Gasteiger partial charge in [-0.05, 0) is 54.8 Å². The molecule has 2 aromatic carbocycles. The largest absolute Gasteiger partial charge is 0.489 e. The highest BCUT2D eigenvalue weighted by atomic mass is 35.5. The summed E-state index contributed by atoms with van der Waals surface area (Å²) in [6.45, 7) is 4.15. The van der Waals surface area contributed by atoms with Gasteiger partial charge < -0.3 is 10.1 Å². The highest BCUT2D eigenvalue weighted by Crippen LogP contribution is 2.47. The lowest BCUT2D eigenvalue weighted by atomic mass is 9.87. The van der Waals surface area contributed by atoms with E-state index in [-0.39, 0.29) is 6.10 Å². The van der Waals surface area contributed by atoms with Crippen molar-refractivity contribution in [2.75, 3.05) is 13.1 Å². The van der Waals surface area contributed by atoms with Crippen LogP contribution in [-0.4, -0.2) is 19.2 Å². The molecule has 2 atom stereocenters. The summed E-state index contributed by atoms with van der Waals surface area (Å²) in [6.07, 6.45) is 3.36.